The highest BCUT2D eigenvalue weighted by molar-refractivity contribution is 9.10. The molecule has 26 heavy (non-hydrogen) atoms. The van der Waals surface area contributed by atoms with Crippen LogP contribution in [0.25, 0.3) is 10.9 Å². The summed E-state index contributed by atoms with van der Waals surface area (Å²) >= 11 is 9.53. The maximum atomic E-state index is 12.8. The first kappa shape index (κ1) is 17.5. The Kier molecular flexibility index (Phi) is 4.99. The van der Waals surface area contributed by atoms with Crippen molar-refractivity contribution in [3.63, 3.8) is 0 Å². The van der Waals surface area contributed by atoms with Gasteiger partial charge in [-0.05, 0) is 44.0 Å². The minimum Gasteiger partial charge on any atom is -0.294 e. The van der Waals surface area contributed by atoms with Gasteiger partial charge in [0.2, 0.25) is 0 Å². The van der Waals surface area contributed by atoms with Crippen LogP contribution in [0.15, 0.2) is 63.1 Å². The monoisotopic (exact) mass is 464 g/mol. The molecular formula is C17H10BrClN4OS2. The molecule has 0 radical (unpaired) electrons. The summed E-state index contributed by atoms with van der Waals surface area (Å²) in [6.07, 6.45) is 1.56. The van der Waals surface area contributed by atoms with Gasteiger partial charge in [-0.1, -0.05) is 41.9 Å². The summed E-state index contributed by atoms with van der Waals surface area (Å²) in [6.45, 7) is 0.476. The topological polar surface area (TPSA) is 60.1 Å². The third-order valence-corrected chi connectivity index (χ3v) is 6.69. The van der Waals surface area contributed by atoms with E-state index >= 15 is 0 Å². The van der Waals surface area contributed by atoms with E-state index in [1.165, 1.54) is 20.9 Å². The Labute approximate surface area is 169 Å². The van der Waals surface area contributed by atoms with Gasteiger partial charge in [0.05, 0.1) is 33.9 Å². The quantitative estimate of drug-likeness (QED) is 0.415. The Bertz CT molecular complexity index is 1220. The molecule has 130 valence electrons. The Morgan fingerprint density at radius 2 is 2.00 bits per heavy atom. The summed E-state index contributed by atoms with van der Waals surface area (Å²) in [4.78, 5) is 21.8. The maximum Gasteiger partial charge on any atom is 0.261 e. The number of nitrogens with zero attached hydrogens (tertiary/aromatic N) is 4. The number of hydrogen-bond donors (Lipinski definition) is 0. The largest absolute Gasteiger partial charge is 0.294 e. The van der Waals surface area contributed by atoms with Crippen molar-refractivity contribution in [3.8, 4) is 0 Å². The summed E-state index contributed by atoms with van der Waals surface area (Å²) in [5, 5.41) is 0.908. The first-order chi connectivity index (χ1) is 12.6. The number of rotatable bonds is 3. The van der Waals surface area contributed by atoms with Crippen molar-refractivity contribution in [1.29, 1.82) is 0 Å². The molecule has 9 heteroatoms. The van der Waals surface area contributed by atoms with Gasteiger partial charge in [0, 0.05) is 10.5 Å². The molecule has 0 N–H and O–H groups in total. The van der Waals surface area contributed by atoms with Gasteiger partial charge in [0.1, 0.15) is 0 Å². The lowest BCUT2D eigenvalue weighted by Crippen LogP contribution is -2.21. The zero-order valence-electron chi connectivity index (χ0n) is 13.1. The summed E-state index contributed by atoms with van der Waals surface area (Å²) in [5.74, 6) is 0. The van der Waals surface area contributed by atoms with Crippen molar-refractivity contribution < 1.29 is 0 Å². The summed E-state index contributed by atoms with van der Waals surface area (Å²) in [5.41, 5.74) is 2.18. The van der Waals surface area contributed by atoms with Crippen molar-refractivity contribution in [3.05, 3.63) is 79.0 Å². The third kappa shape index (κ3) is 3.37. The van der Waals surface area contributed by atoms with E-state index in [1.807, 2.05) is 30.3 Å². The highest BCUT2D eigenvalue weighted by atomic mass is 79.9. The fourth-order valence-electron chi connectivity index (χ4n) is 2.50. The van der Waals surface area contributed by atoms with Crippen LogP contribution in [-0.4, -0.2) is 13.9 Å². The molecule has 0 bridgehead atoms. The van der Waals surface area contributed by atoms with Gasteiger partial charge in [-0.2, -0.15) is 4.37 Å². The molecule has 0 spiro atoms. The molecule has 0 aliphatic carbocycles. The zero-order valence-corrected chi connectivity index (χ0v) is 17.1. The molecule has 4 rings (SSSR count). The Morgan fingerprint density at radius 1 is 1.19 bits per heavy atom. The predicted octanol–water partition coefficient (Wildman–Crippen LogP) is 4.61. The first-order valence-electron chi connectivity index (χ1n) is 7.51. The third-order valence-electron chi connectivity index (χ3n) is 3.74. The minimum atomic E-state index is -0.0934. The fraction of sp³-hybridized carbons (Fsp3) is 0.0588. The summed E-state index contributed by atoms with van der Waals surface area (Å²) < 4.78 is 6.91. The predicted molar refractivity (Wildman–Crippen MR) is 109 cm³/mol. The van der Waals surface area contributed by atoms with Crippen LogP contribution in [0.5, 0.6) is 0 Å². The minimum absolute atomic E-state index is 0.0934. The Balaban J connectivity index is 1.81. The average Bonchev–Trinajstić information content (AvgIpc) is 3.05. The molecule has 0 amide bonds. The van der Waals surface area contributed by atoms with Crippen LogP contribution < -0.4 is 10.2 Å². The molecular weight excluding hydrogens is 456 g/mol. The van der Waals surface area contributed by atoms with E-state index in [-0.39, 0.29) is 5.56 Å². The average molecular weight is 466 g/mol. The summed E-state index contributed by atoms with van der Waals surface area (Å²) in [6, 6.07) is 13.3. The van der Waals surface area contributed by atoms with Crippen molar-refractivity contribution >= 4 is 65.0 Å². The standard InChI is InChI=1S/C17H10BrClN4OS2/c18-13-12(21-16-15(19)22-26-25-16)7-6-11-14(13)20-9-23(17(11)24)8-10-4-2-1-3-5-10/h1-7,9H,8H2. The molecule has 0 aliphatic heterocycles. The SMILES string of the molecule is O=c1c2ccc(N=c3ssnc3Cl)c(Br)c2ncn1Cc1ccccc1. The van der Waals surface area contributed by atoms with E-state index in [4.69, 9.17) is 11.6 Å². The van der Waals surface area contributed by atoms with Gasteiger partial charge in [0.15, 0.2) is 9.82 Å². The Morgan fingerprint density at radius 3 is 2.73 bits per heavy atom. The highest BCUT2D eigenvalue weighted by Crippen LogP contribution is 2.31. The molecule has 0 atom stereocenters. The lowest BCUT2D eigenvalue weighted by molar-refractivity contribution is 0.748. The maximum absolute atomic E-state index is 12.8. The number of hydrogen-bond acceptors (Lipinski definition) is 6. The number of halogens is 2. The molecule has 2 aromatic carbocycles. The molecule has 2 heterocycles. The molecule has 0 unspecified atom stereocenters. The fourth-order valence-corrected chi connectivity index (χ4v) is 5.02. The molecule has 0 saturated carbocycles. The van der Waals surface area contributed by atoms with Gasteiger partial charge in [-0.15, -0.1) is 0 Å². The van der Waals surface area contributed by atoms with Crippen molar-refractivity contribution in [2.24, 2.45) is 4.99 Å². The lowest BCUT2D eigenvalue weighted by Gasteiger charge is -2.08. The van der Waals surface area contributed by atoms with Crippen LogP contribution >= 0.6 is 48.4 Å². The number of aromatic nitrogens is 3. The lowest BCUT2D eigenvalue weighted by atomic mass is 10.2. The van der Waals surface area contributed by atoms with Gasteiger partial charge in [-0.25, -0.2) is 9.98 Å². The second-order valence-corrected chi connectivity index (χ2v) is 8.40. The highest BCUT2D eigenvalue weighted by Gasteiger charge is 2.11. The number of benzene rings is 2. The van der Waals surface area contributed by atoms with Crippen LogP contribution in [0.4, 0.5) is 5.69 Å². The normalized spacial score (nSPS) is 12.0. The van der Waals surface area contributed by atoms with Gasteiger partial charge < -0.3 is 0 Å². The van der Waals surface area contributed by atoms with Crippen molar-refractivity contribution in [2.45, 2.75) is 6.54 Å². The second kappa shape index (κ2) is 7.40. The van der Waals surface area contributed by atoms with Crippen LogP contribution in [0.3, 0.4) is 0 Å². The first-order valence-corrected chi connectivity index (χ1v) is 10.8. The van der Waals surface area contributed by atoms with Gasteiger partial charge >= 0.3 is 0 Å². The van der Waals surface area contributed by atoms with E-state index in [0.29, 0.717) is 37.4 Å². The van der Waals surface area contributed by atoms with E-state index in [1.54, 1.807) is 23.0 Å². The second-order valence-electron chi connectivity index (χ2n) is 5.41. The molecule has 0 fully saturated rings. The smallest absolute Gasteiger partial charge is 0.261 e. The molecule has 0 aliphatic rings. The summed E-state index contributed by atoms with van der Waals surface area (Å²) in [7, 11) is 2.67. The van der Waals surface area contributed by atoms with E-state index < -0.39 is 0 Å². The number of fused-ring (bicyclic) bond motifs is 1. The van der Waals surface area contributed by atoms with Crippen LogP contribution in [0.2, 0.25) is 5.15 Å². The van der Waals surface area contributed by atoms with Crippen LogP contribution in [0.1, 0.15) is 5.56 Å². The van der Waals surface area contributed by atoms with Gasteiger partial charge in [-0.3, -0.25) is 9.36 Å². The molecule has 0 saturated heterocycles. The van der Waals surface area contributed by atoms with Crippen LogP contribution in [-0.2, 0) is 6.54 Å². The van der Waals surface area contributed by atoms with Gasteiger partial charge in [0.25, 0.3) is 5.56 Å². The Hall–Kier alpha value is -1.87. The van der Waals surface area contributed by atoms with E-state index in [0.717, 1.165) is 5.56 Å². The van der Waals surface area contributed by atoms with Crippen LogP contribution in [0, 0.1) is 0 Å². The molecule has 2 aromatic heterocycles. The zero-order chi connectivity index (χ0) is 18.1. The molecule has 5 nitrogen and oxygen atoms in total. The van der Waals surface area contributed by atoms with E-state index in [9.17, 15) is 4.79 Å². The molecule has 4 aromatic rings. The van der Waals surface area contributed by atoms with E-state index in [2.05, 4.69) is 30.3 Å². The van der Waals surface area contributed by atoms with Crippen molar-refractivity contribution in [2.75, 3.05) is 0 Å². The van der Waals surface area contributed by atoms with Crippen molar-refractivity contribution in [1.82, 2.24) is 13.9 Å².